The molecular weight excluding hydrogens is 360 g/mol. The Hall–Kier alpha value is -3.35. The van der Waals surface area contributed by atoms with Crippen LogP contribution in [0, 0.1) is 0 Å². The van der Waals surface area contributed by atoms with Crippen LogP contribution in [0.3, 0.4) is 0 Å². The highest BCUT2D eigenvalue weighted by molar-refractivity contribution is 6.07. The van der Waals surface area contributed by atoms with Crippen molar-refractivity contribution < 1.29 is 23.9 Å². The van der Waals surface area contributed by atoms with Crippen LogP contribution in [0.25, 0.3) is 0 Å². The zero-order chi connectivity index (χ0) is 20.3. The Labute approximate surface area is 163 Å². The number of Topliss-reactive ketones (excluding diaryl/α,β-unsaturated/α-hetero) is 1. The maximum Gasteiger partial charge on any atom is 0.268 e. The van der Waals surface area contributed by atoms with Gasteiger partial charge in [0.15, 0.2) is 11.9 Å². The average Bonchev–Trinajstić information content (AvgIpc) is 2.67. The molecule has 1 N–H and O–H groups in total. The van der Waals surface area contributed by atoms with Crippen molar-refractivity contribution >= 4 is 29.0 Å². The molecule has 3 rings (SSSR count). The third-order valence-corrected chi connectivity index (χ3v) is 4.32. The number of nitrogens with zero attached hydrogens (tertiary/aromatic N) is 1. The maximum atomic E-state index is 12.6. The fourth-order valence-corrected chi connectivity index (χ4v) is 2.93. The van der Waals surface area contributed by atoms with E-state index in [1.165, 1.54) is 11.8 Å². The zero-order valence-corrected chi connectivity index (χ0v) is 16.0. The number of rotatable bonds is 6. The molecule has 1 aliphatic rings. The predicted octanol–water partition coefficient (Wildman–Crippen LogP) is 3.04. The van der Waals surface area contributed by atoms with Gasteiger partial charge in [0.2, 0.25) is 5.91 Å². The molecular formula is C21H22N2O5. The summed E-state index contributed by atoms with van der Waals surface area (Å²) in [6.07, 6.45) is -0.714. The maximum absolute atomic E-state index is 12.6. The van der Waals surface area contributed by atoms with Crippen molar-refractivity contribution in [3.63, 3.8) is 0 Å². The predicted molar refractivity (Wildman–Crippen MR) is 105 cm³/mol. The summed E-state index contributed by atoms with van der Waals surface area (Å²) in [6.45, 7) is 5.34. The minimum atomic E-state index is -0.714. The minimum Gasteiger partial charge on any atom is -0.494 e. The number of carbonyl (C=O) groups is 3. The smallest absolute Gasteiger partial charge is 0.268 e. The first kappa shape index (κ1) is 19.4. The van der Waals surface area contributed by atoms with Crippen molar-refractivity contribution in [3.05, 3.63) is 48.0 Å². The molecule has 1 heterocycles. The number of hydrogen-bond acceptors (Lipinski definition) is 5. The summed E-state index contributed by atoms with van der Waals surface area (Å²) >= 11 is 0. The third-order valence-electron chi connectivity index (χ3n) is 4.32. The van der Waals surface area contributed by atoms with Crippen molar-refractivity contribution in [2.45, 2.75) is 26.9 Å². The number of fused-ring (bicyclic) bond motifs is 1. The number of nitrogens with one attached hydrogen (secondary N) is 1. The Morgan fingerprint density at radius 1 is 1.18 bits per heavy atom. The van der Waals surface area contributed by atoms with Gasteiger partial charge in [0.05, 0.1) is 12.3 Å². The standard InChI is InChI=1S/C21H22N2O5/c1-4-27-17-8-6-16(7-9-17)22-20(25)12-23-18-11-15(13(2)24)5-10-19(18)28-14(3)21(23)26/h5-11,14H,4,12H2,1-3H3,(H,22,25). The topological polar surface area (TPSA) is 84.9 Å². The summed E-state index contributed by atoms with van der Waals surface area (Å²) in [5, 5.41) is 2.77. The van der Waals surface area contributed by atoms with Crippen LogP contribution in [0.15, 0.2) is 42.5 Å². The molecule has 146 valence electrons. The van der Waals surface area contributed by atoms with Crippen LogP contribution in [0.2, 0.25) is 0 Å². The molecule has 1 aliphatic heterocycles. The Kier molecular flexibility index (Phi) is 5.63. The van der Waals surface area contributed by atoms with Crippen LogP contribution in [0.5, 0.6) is 11.5 Å². The molecule has 1 unspecified atom stereocenters. The van der Waals surface area contributed by atoms with Gasteiger partial charge in [-0.1, -0.05) is 0 Å². The Morgan fingerprint density at radius 2 is 1.89 bits per heavy atom. The molecule has 1 atom stereocenters. The van der Waals surface area contributed by atoms with E-state index in [9.17, 15) is 14.4 Å². The van der Waals surface area contributed by atoms with Gasteiger partial charge in [-0.25, -0.2) is 0 Å². The fraction of sp³-hybridized carbons (Fsp3) is 0.286. The van der Waals surface area contributed by atoms with Gasteiger partial charge < -0.3 is 14.8 Å². The highest BCUT2D eigenvalue weighted by Gasteiger charge is 2.33. The molecule has 2 aromatic rings. The lowest BCUT2D eigenvalue weighted by molar-refractivity contribution is -0.127. The molecule has 28 heavy (non-hydrogen) atoms. The number of hydrogen-bond donors (Lipinski definition) is 1. The van der Waals surface area contributed by atoms with Gasteiger partial charge >= 0.3 is 0 Å². The van der Waals surface area contributed by atoms with Crippen molar-refractivity contribution in [2.24, 2.45) is 0 Å². The van der Waals surface area contributed by atoms with Gasteiger partial charge in [-0.05, 0) is 63.2 Å². The second-order valence-corrected chi connectivity index (χ2v) is 6.43. The molecule has 0 saturated heterocycles. The number of ether oxygens (including phenoxy) is 2. The quantitative estimate of drug-likeness (QED) is 0.776. The molecule has 0 bridgehead atoms. The van der Waals surface area contributed by atoms with Crippen LogP contribution in [0.4, 0.5) is 11.4 Å². The molecule has 0 aromatic heterocycles. The fourth-order valence-electron chi connectivity index (χ4n) is 2.93. The number of benzene rings is 2. The molecule has 0 saturated carbocycles. The molecule has 0 spiro atoms. The van der Waals surface area contributed by atoms with Gasteiger partial charge in [-0.2, -0.15) is 0 Å². The largest absolute Gasteiger partial charge is 0.494 e. The molecule has 0 radical (unpaired) electrons. The SMILES string of the molecule is CCOc1ccc(NC(=O)CN2C(=O)C(C)Oc3ccc(C(C)=O)cc32)cc1. The second-order valence-electron chi connectivity index (χ2n) is 6.43. The van der Waals surface area contributed by atoms with Crippen LogP contribution >= 0.6 is 0 Å². The van der Waals surface area contributed by atoms with Crippen LogP contribution in [-0.4, -0.2) is 36.9 Å². The van der Waals surface area contributed by atoms with Crippen molar-refractivity contribution in [1.29, 1.82) is 0 Å². The van der Waals surface area contributed by atoms with Crippen molar-refractivity contribution in [1.82, 2.24) is 0 Å². The first-order valence-electron chi connectivity index (χ1n) is 9.04. The van der Waals surface area contributed by atoms with Gasteiger partial charge in [0.1, 0.15) is 18.0 Å². The van der Waals surface area contributed by atoms with Gasteiger partial charge in [0, 0.05) is 11.3 Å². The Morgan fingerprint density at radius 3 is 2.54 bits per heavy atom. The van der Waals surface area contributed by atoms with Gasteiger partial charge in [-0.3, -0.25) is 19.3 Å². The van der Waals surface area contributed by atoms with Crippen LogP contribution in [-0.2, 0) is 9.59 Å². The second kappa shape index (κ2) is 8.12. The highest BCUT2D eigenvalue weighted by atomic mass is 16.5. The highest BCUT2D eigenvalue weighted by Crippen LogP contribution is 2.35. The van der Waals surface area contributed by atoms with E-state index in [1.807, 2.05) is 6.92 Å². The van der Waals surface area contributed by atoms with Gasteiger partial charge in [-0.15, -0.1) is 0 Å². The first-order valence-corrected chi connectivity index (χ1v) is 9.04. The van der Waals surface area contributed by atoms with E-state index in [0.717, 1.165) is 0 Å². The zero-order valence-electron chi connectivity index (χ0n) is 16.0. The van der Waals surface area contributed by atoms with E-state index in [0.29, 0.717) is 35.0 Å². The summed E-state index contributed by atoms with van der Waals surface area (Å²) in [6, 6.07) is 11.8. The molecule has 2 aromatic carbocycles. The van der Waals surface area contributed by atoms with E-state index in [2.05, 4.69) is 5.32 Å². The first-order chi connectivity index (χ1) is 13.4. The summed E-state index contributed by atoms with van der Waals surface area (Å²) < 4.78 is 11.0. The summed E-state index contributed by atoms with van der Waals surface area (Å²) in [5.41, 5.74) is 1.46. The summed E-state index contributed by atoms with van der Waals surface area (Å²) in [5.74, 6) is 0.350. The molecule has 0 fully saturated rings. The van der Waals surface area contributed by atoms with E-state index >= 15 is 0 Å². The van der Waals surface area contributed by atoms with Crippen molar-refractivity contribution in [3.8, 4) is 11.5 Å². The summed E-state index contributed by atoms with van der Waals surface area (Å²) in [7, 11) is 0. The normalized spacial score (nSPS) is 15.5. The third kappa shape index (κ3) is 4.14. The van der Waals surface area contributed by atoms with Crippen LogP contribution < -0.4 is 19.7 Å². The Balaban J connectivity index is 1.78. The Bertz CT molecular complexity index is 908. The lowest BCUT2D eigenvalue weighted by atomic mass is 10.1. The summed E-state index contributed by atoms with van der Waals surface area (Å²) in [4.78, 5) is 38.2. The van der Waals surface area contributed by atoms with E-state index in [-0.39, 0.29) is 24.1 Å². The van der Waals surface area contributed by atoms with Gasteiger partial charge in [0.25, 0.3) is 5.91 Å². The van der Waals surface area contributed by atoms with E-state index < -0.39 is 6.10 Å². The van der Waals surface area contributed by atoms with E-state index in [1.54, 1.807) is 49.4 Å². The lowest BCUT2D eigenvalue weighted by Gasteiger charge is -2.32. The monoisotopic (exact) mass is 382 g/mol. The number of anilines is 2. The average molecular weight is 382 g/mol. The number of carbonyl (C=O) groups excluding carboxylic acids is 3. The molecule has 2 amide bonds. The van der Waals surface area contributed by atoms with Crippen LogP contribution in [0.1, 0.15) is 31.1 Å². The number of ketones is 1. The van der Waals surface area contributed by atoms with E-state index in [4.69, 9.17) is 9.47 Å². The lowest BCUT2D eigenvalue weighted by Crippen LogP contribution is -2.47. The molecule has 7 heteroatoms. The van der Waals surface area contributed by atoms with Crippen molar-refractivity contribution in [2.75, 3.05) is 23.4 Å². The molecule has 0 aliphatic carbocycles. The molecule has 7 nitrogen and oxygen atoms in total. The minimum absolute atomic E-state index is 0.132. The number of amides is 2.